The molecule has 0 aromatic rings. The smallest absolute Gasteiger partial charge is 0.0319 e. The SMILES string of the molecule is CCC(C)N(O)CC(C)C. The van der Waals surface area contributed by atoms with Crippen molar-refractivity contribution in [3.05, 3.63) is 0 Å². The summed E-state index contributed by atoms with van der Waals surface area (Å²) in [5.74, 6) is 0.541. The van der Waals surface area contributed by atoms with Crippen LogP contribution in [0.25, 0.3) is 0 Å². The Morgan fingerprint density at radius 2 is 1.80 bits per heavy atom. The highest BCUT2D eigenvalue weighted by Gasteiger charge is 2.09. The summed E-state index contributed by atoms with van der Waals surface area (Å²) in [6.45, 7) is 9.09. The standard InChI is InChI=1S/C8H19NO/c1-5-8(4)9(10)6-7(2)3/h7-8,10H,5-6H2,1-4H3. The second-order valence-electron chi connectivity index (χ2n) is 3.27. The molecule has 0 amide bonds. The van der Waals surface area contributed by atoms with Gasteiger partial charge in [-0.25, -0.2) is 0 Å². The molecule has 0 aliphatic carbocycles. The number of nitrogens with zero attached hydrogens (tertiary/aromatic N) is 1. The van der Waals surface area contributed by atoms with Crippen molar-refractivity contribution in [3.8, 4) is 0 Å². The summed E-state index contributed by atoms with van der Waals surface area (Å²) in [5.41, 5.74) is 0. The molecule has 0 heterocycles. The molecule has 2 heteroatoms. The molecule has 0 spiro atoms. The van der Waals surface area contributed by atoms with E-state index < -0.39 is 0 Å². The van der Waals surface area contributed by atoms with E-state index >= 15 is 0 Å². The van der Waals surface area contributed by atoms with Crippen molar-refractivity contribution < 1.29 is 5.21 Å². The van der Waals surface area contributed by atoms with Gasteiger partial charge in [0.2, 0.25) is 0 Å². The maximum atomic E-state index is 9.32. The van der Waals surface area contributed by atoms with Gasteiger partial charge < -0.3 is 5.21 Å². The summed E-state index contributed by atoms with van der Waals surface area (Å²) in [6, 6.07) is 0.294. The van der Waals surface area contributed by atoms with E-state index in [1.165, 1.54) is 5.06 Å². The molecule has 0 rings (SSSR count). The third-order valence-corrected chi connectivity index (χ3v) is 1.65. The van der Waals surface area contributed by atoms with Gasteiger partial charge in [-0.15, -0.1) is 0 Å². The molecular weight excluding hydrogens is 126 g/mol. The van der Waals surface area contributed by atoms with Gasteiger partial charge in [-0.2, -0.15) is 5.06 Å². The van der Waals surface area contributed by atoms with Crippen LogP contribution in [0.4, 0.5) is 0 Å². The Kier molecular flexibility index (Phi) is 4.65. The second-order valence-corrected chi connectivity index (χ2v) is 3.27. The van der Waals surface area contributed by atoms with Crippen LogP contribution in [-0.2, 0) is 0 Å². The predicted molar refractivity (Wildman–Crippen MR) is 43.1 cm³/mol. The van der Waals surface area contributed by atoms with Gasteiger partial charge in [-0.3, -0.25) is 0 Å². The van der Waals surface area contributed by atoms with Gasteiger partial charge in [0.1, 0.15) is 0 Å². The summed E-state index contributed by atoms with van der Waals surface area (Å²) in [4.78, 5) is 0. The van der Waals surface area contributed by atoms with Crippen molar-refractivity contribution in [1.29, 1.82) is 0 Å². The van der Waals surface area contributed by atoms with E-state index in [1.807, 2.05) is 6.92 Å². The van der Waals surface area contributed by atoms with Crippen LogP contribution in [0.5, 0.6) is 0 Å². The Bertz CT molecular complexity index is 83.3. The molecule has 0 bridgehead atoms. The maximum absolute atomic E-state index is 9.32. The average Bonchev–Trinajstić information content (AvgIpc) is 1.85. The predicted octanol–water partition coefficient (Wildman–Crippen LogP) is 2.13. The van der Waals surface area contributed by atoms with E-state index in [0.717, 1.165) is 13.0 Å². The van der Waals surface area contributed by atoms with Crippen molar-refractivity contribution in [1.82, 2.24) is 5.06 Å². The molecule has 0 aliphatic rings. The zero-order valence-corrected chi connectivity index (χ0v) is 7.46. The molecule has 0 aliphatic heterocycles. The summed E-state index contributed by atoms with van der Waals surface area (Å²) in [7, 11) is 0. The lowest BCUT2D eigenvalue weighted by atomic mass is 10.2. The molecule has 62 valence electrons. The first-order valence-corrected chi connectivity index (χ1v) is 4.03. The van der Waals surface area contributed by atoms with Gasteiger partial charge >= 0.3 is 0 Å². The quantitative estimate of drug-likeness (QED) is 0.612. The Morgan fingerprint density at radius 1 is 1.30 bits per heavy atom. The number of hydrogen-bond acceptors (Lipinski definition) is 2. The highest BCUT2D eigenvalue weighted by atomic mass is 16.5. The lowest BCUT2D eigenvalue weighted by Crippen LogP contribution is -2.32. The van der Waals surface area contributed by atoms with Gasteiger partial charge in [-0.05, 0) is 19.3 Å². The fraction of sp³-hybridized carbons (Fsp3) is 1.00. The van der Waals surface area contributed by atoms with Gasteiger partial charge in [0.15, 0.2) is 0 Å². The van der Waals surface area contributed by atoms with Crippen LogP contribution in [0, 0.1) is 5.92 Å². The van der Waals surface area contributed by atoms with Crippen molar-refractivity contribution in [2.75, 3.05) is 6.54 Å². The highest BCUT2D eigenvalue weighted by Crippen LogP contribution is 2.03. The van der Waals surface area contributed by atoms with Gasteiger partial charge in [0, 0.05) is 12.6 Å². The highest BCUT2D eigenvalue weighted by molar-refractivity contribution is 4.57. The monoisotopic (exact) mass is 145 g/mol. The third-order valence-electron chi connectivity index (χ3n) is 1.65. The number of rotatable bonds is 4. The van der Waals surface area contributed by atoms with Crippen LogP contribution in [0.15, 0.2) is 0 Å². The zero-order chi connectivity index (χ0) is 8.15. The Morgan fingerprint density at radius 3 is 2.10 bits per heavy atom. The molecule has 0 aromatic carbocycles. The molecule has 0 saturated heterocycles. The fourth-order valence-electron chi connectivity index (χ4n) is 0.765. The number of hydrogen-bond donors (Lipinski definition) is 1. The van der Waals surface area contributed by atoms with Crippen LogP contribution >= 0.6 is 0 Å². The van der Waals surface area contributed by atoms with Gasteiger partial charge in [-0.1, -0.05) is 20.8 Å². The molecule has 2 nitrogen and oxygen atoms in total. The maximum Gasteiger partial charge on any atom is 0.0319 e. The van der Waals surface area contributed by atoms with Crippen molar-refractivity contribution >= 4 is 0 Å². The molecular formula is C8H19NO. The third kappa shape index (κ3) is 3.85. The molecule has 10 heavy (non-hydrogen) atoms. The van der Waals surface area contributed by atoms with Crippen LogP contribution < -0.4 is 0 Å². The molecule has 1 N–H and O–H groups in total. The van der Waals surface area contributed by atoms with E-state index in [2.05, 4.69) is 20.8 Å². The fourth-order valence-corrected chi connectivity index (χ4v) is 0.765. The van der Waals surface area contributed by atoms with E-state index in [0.29, 0.717) is 12.0 Å². The minimum absolute atomic E-state index is 0.294. The van der Waals surface area contributed by atoms with E-state index in [-0.39, 0.29) is 0 Å². The minimum atomic E-state index is 0.294. The first kappa shape index (κ1) is 9.92. The normalized spacial score (nSPS) is 14.7. The Balaban J connectivity index is 3.50. The molecule has 0 aromatic heterocycles. The van der Waals surface area contributed by atoms with Gasteiger partial charge in [0.25, 0.3) is 0 Å². The topological polar surface area (TPSA) is 23.5 Å². The first-order chi connectivity index (χ1) is 4.57. The average molecular weight is 145 g/mol. The van der Waals surface area contributed by atoms with E-state index in [4.69, 9.17) is 0 Å². The molecule has 1 unspecified atom stereocenters. The minimum Gasteiger partial charge on any atom is -0.314 e. The summed E-state index contributed by atoms with van der Waals surface area (Å²) in [5, 5.41) is 10.7. The van der Waals surface area contributed by atoms with Crippen molar-refractivity contribution in [2.45, 2.75) is 40.2 Å². The summed E-state index contributed by atoms with van der Waals surface area (Å²) >= 11 is 0. The number of hydroxylamine groups is 2. The van der Waals surface area contributed by atoms with E-state index in [9.17, 15) is 5.21 Å². The summed E-state index contributed by atoms with van der Waals surface area (Å²) < 4.78 is 0. The van der Waals surface area contributed by atoms with Crippen LogP contribution in [-0.4, -0.2) is 22.9 Å². The van der Waals surface area contributed by atoms with Crippen molar-refractivity contribution in [2.24, 2.45) is 5.92 Å². The second kappa shape index (κ2) is 4.69. The molecule has 0 fully saturated rings. The van der Waals surface area contributed by atoms with Gasteiger partial charge in [0.05, 0.1) is 0 Å². The largest absolute Gasteiger partial charge is 0.314 e. The molecule has 1 atom stereocenters. The molecule has 0 saturated carbocycles. The van der Waals surface area contributed by atoms with E-state index in [1.54, 1.807) is 0 Å². The first-order valence-electron chi connectivity index (χ1n) is 4.03. The Labute approximate surface area is 63.8 Å². The lowest BCUT2D eigenvalue weighted by molar-refractivity contribution is -0.129. The van der Waals surface area contributed by atoms with Crippen molar-refractivity contribution in [3.63, 3.8) is 0 Å². The van der Waals surface area contributed by atoms with Crippen LogP contribution in [0.1, 0.15) is 34.1 Å². The molecule has 0 radical (unpaired) electrons. The lowest BCUT2D eigenvalue weighted by Gasteiger charge is -2.22. The Hall–Kier alpha value is -0.0800. The zero-order valence-electron chi connectivity index (χ0n) is 7.46. The van der Waals surface area contributed by atoms with Crippen LogP contribution in [0.3, 0.4) is 0 Å². The summed E-state index contributed by atoms with van der Waals surface area (Å²) in [6.07, 6.45) is 1.00. The van der Waals surface area contributed by atoms with Crippen LogP contribution in [0.2, 0.25) is 0 Å².